The van der Waals surface area contributed by atoms with Crippen LogP contribution in [0.5, 0.6) is 0 Å². The largest absolute Gasteiger partial charge is 0.481 e. The van der Waals surface area contributed by atoms with Crippen LogP contribution >= 0.6 is 0 Å². The van der Waals surface area contributed by atoms with Gasteiger partial charge >= 0.3 is 5.97 Å². The number of carboxylic acid groups (broad SMARTS) is 1. The third-order valence-electron chi connectivity index (χ3n) is 3.95. The van der Waals surface area contributed by atoms with E-state index in [0.29, 0.717) is 25.9 Å². The molecule has 0 radical (unpaired) electrons. The fourth-order valence-corrected chi connectivity index (χ4v) is 3.68. The molecule has 1 aliphatic heterocycles. The zero-order valence-electron chi connectivity index (χ0n) is 12.9. The summed E-state index contributed by atoms with van der Waals surface area (Å²) in [5.41, 5.74) is 0. The van der Waals surface area contributed by atoms with E-state index in [1.807, 2.05) is 0 Å². The molecule has 0 unspecified atom stereocenters. The average molecular weight is 358 g/mol. The molecule has 2 rings (SSSR count). The van der Waals surface area contributed by atoms with Crippen LogP contribution in [-0.2, 0) is 19.6 Å². The molecule has 0 aliphatic carbocycles. The summed E-state index contributed by atoms with van der Waals surface area (Å²) in [5.74, 6) is -2.41. The Morgan fingerprint density at radius 2 is 1.88 bits per heavy atom. The molecule has 0 bridgehead atoms. The SMILES string of the molecule is O=C(O)C1CCN(C(=O)CCNS(=O)(=O)c2ccccc2F)CC1. The van der Waals surface area contributed by atoms with Crippen molar-refractivity contribution in [1.82, 2.24) is 9.62 Å². The van der Waals surface area contributed by atoms with E-state index in [9.17, 15) is 22.4 Å². The fourth-order valence-electron chi connectivity index (χ4n) is 2.57. The van der Waals surface area contributed by atoms with Gasteiger partial charge in [0.05, 0.1) is 5.92 Å². The Bertz CT molecular complexity index is 714. The second-order valence-corrected chi connectivity index (χ2v) is 7.31. The van der Waals surface area contributed by atoms with E-state index >= 15 is 0 Å². The number of nitrogens with zero attached hydrogens (tertiary/aromatic N) is 1. The molecule has 0 saturated carbocycles. The number of carboxylic acids is 1. The number of rotatable bonds is 6. The van der Waals surface area contributed by atoms with Gasteiger partial charge in [-0.3, -0.25) is 9.59 Å². The van der Waals surface area contributed by atoms with Crippen LogP contribution in [0.1, 0.15) is 19.3 Å². The lowest BCUT2D eigenvalue weighted by Gasteiger charge is -2.30. The number of likely N-dealkylation sites (tertiary alicyclic amines) is 1. The van der Waals surface area contributed by atoms with Gasteiger partial charge in [0.2, 0.25) is 15.9 Å². The zero-order valence-corrected chi connectivity index (χ0v) is 13.8. The molecule has 2 N–H and O–H groups in total. The summed E-state index contributed by atoms with van der Waals surface area (Å²) < 4.78 is 39.7. The molecule has 0 spiro atoms. The van der Waals surface area contributed by atoms with Crippen LogP contribution in [0.4, 0.5) is 4.39 Å². The minimum absolute atomic E-state index is 0.0641. The summed E-state index contributed by atoms with van der Waals surface area (Å²) in [6.45, 7) is 0.542. The van der Waals surface area contributed by atoms with Gasteiger partial charge in [0.1, 0.15) is 10.7 Å². The van der Waals surface area contributed by atoms with Crippen LogP contribution in [0.3, 0.4) is 0 Å². The third-order valence-corrected chi connectivity index (χ3v) is 5.45. The van der Waals surface area contributed by atoms with Crippen molar-refractivity contribution in [3.05, 3.63) is 30.1 Å². The Kier molecular flexibility index (Phi) is 5.89. The number of piperidine rings is 1. The number of carbonyl (C=O) groups is 2. The Balaban J connectivity index is 1.83. The van der Waals surface area contributed by atoms with Crippen molar-refractivity contribution in [2.75, 3.05) is 19.6 Å². The second-order valence-electron chi connectivity index (χ2n) is 5.57. The monoisotopic (exact) mass is 358 g/mol. The maximum Gasteiger partial charge on any atom is 0.306 e. The normalized spacial score (nSPS) is 16.1. The van der Waals surface area contributed by atoms with Crippen LogP contribution in [-0.4, -0.2) is 49.9 Å². The van der Waals surface area contributed by atoms with E-state index < -0.39 is 32.6 Å². The molecule has 9 heteroatoms. The molecule has 24 heavy (non-hydrogen) atoms. The van der Waals surface area contributed by atoms with E-state index in [1.54, 1.807) is 0 Å². The molecule has 1 saturated heterocycles. The van der Waals surface area contributed by atoms with Crippen molar-refractivity contribution in [3.63, 3.8) is 0 Å². The molecule has 1 fully saturated rings. The average Bonchev–Trinajstić information content (AvgIpc) is 2.55. The molecule has 7 nitrogen and oxygen atoms in total. The van der Waals surface area contributed by atoms with Crippen LogP contribution in [0.25, 0.3) is 0 Å². The molecule has 0 aromatic heterocycles. The van der Waals surface area contributed by atoms with Gasteiger partial charge in [0.15, 0.2) is 0 Å². The summed E-state index contributed by atoms with van der Waals surface area (Å²) in [4.78, 5) is 24.0. The number of benzene rings is 1. The van der Waals surface area contributed by atoms with Crippen LogP contribution in [0.2, 0.25) is 0 Å². The van der Waals surface area contributed by atoms with Crippen molar-refractivity contribution >= 4 is 21.9 Å². The van der Waals surface area contributed by atoms with E-state index in [1.165, 1.54) is 17.0 Å². The summed E-state index contributed by atoms with van der Waals surface area (Å²) in [6, 6.07) is 5.00. The van der Waals surface area contributed by atoms with Crippen LogP contribution < -0.4 is 4.72 Å². The van der Waals surface area contributed by atoms with Gasteiger partial charge in [-0.1, -0.05) is 12.1 Å². The number of hydrogen-bond donors (Lipinski definition) is 2. The van der Waals surface area contributed by atoms with Gasteiger partial charge in [-0.05, 0) is 25.0 Å². The molecule has 1 aromatic rings. The first-order valence-electron chi connectivity index (χ1n) is 7.56. The first-order valence-corrected chi connectivity index (χ1v) is 9.04. The maximum absolute atomic E-state index is 13.5. The lowest BCUT2D eigenvalue weighted by Crippen LogP contribution is -2.41. The number of aliphatic carboxylic acids is 1. The van der Waals surface area contributed by atoms with E-state index in [-0.39, 0.29) is 18.9 Å². The first-order chi connectivity index (χ1) is 11.3. The Hall–Kier alpha value is -2.00. The van der Waals surface area contributed by atoms with E-state index in [4.69, 9.17) is 5.11 Å². The summed E-state index contributed by atoms with van der Waals surface area (Å²) >= 11 is 0. The predicted octanol–water partition coefficient (Wildman–Crippen LogP) is 0.817. The van der Waals surface area contributed by atoms with Crippen molar-refractivity contribution in [2.24, 2.45) is 5.92 Å². The zero-order chi connectivity index (χ0) is 17.7. The summed E-state index contributed by atoms with van der Waals surface area (Å²) in [6.07, 6.45) is 0.718. The van der Waals surface area contributed by atoms with Gasteiger partial charge in [0.25, 0.3) is 0 Å². The highest BCUT2D eigenvalue weighted by Gasteiger charge is 2.27. The number of sulfonamides is 1. The molecule has 1 aliphatic rings. The highest BCUT2D eigenvalue weighted by Crippen LogP contribution is 2.18. The molecular weight excluding hydrogens is 339 g/mol. The Morgan fingerprint density at radius 1 is 1.25 bits per heavy atom. The molecular formula is C15H19FN2O5S. The maximum atomic E-state index is 13.5. The first kappa shape index (κ1) is 18.3. The minimum Gasteiger partial charge on any atom is -0.481 e. The smallest absolute Gasteiger partial charge is 0.306 e. The van der Waals surface area contributed by atoms with Crippen LogP contribution in [0, 0.1) is 11.7 Å². The Morgan fingerprint density at radius 3 is 2.46 bits per heavy atom. The molecule has 1 amide bonds. The second kappa shape index (κ2) is 7.71. The number of carbonyl (C=O) groups excluding carboxylic acids is 1. The van der Waals surface area contributed by atoms with Crippen LogP contribution in [0.15, 0.2) is 29.2 Å². The van der Waals surface area contributed by atoms with Gasteiger partial charge in [-0.15, -0.1) is 0 Å². The number of nitrogens with one attached hydrogen (secondary N) is 1. The molecule has 0 atom stereocenters. The molecule has 132 valence electrons. The number of halogens is 1. The van der Waals surface area contributed by atoms with Gasteiger partial charge < -0.3 is 10.0 Å². The lowest BCUT2D eigenvalue weighted by molar-refractivity contribution is -0.145. The topological polar surface area (TPSA) is 104 Å². The van der Waals surface area contributed by atoms with Gasteiger partial charge in [-0.2, -0.15) is 0 Å². The fraction of sp³-hybridized carbons (Fsp3) is 0.467. The van der Waals surface area contributed by atoms with Crippen molar-refractivity contribution in [1.29, 1.82) is 0 Å². The van der Waals surface area contributed by atoms with E-state index in [2.05, 4.69) is 4.72 Å². The van der Waals surface area contributed by atoms with Crippen molar-refractivity contribution in [3.8, 4) is 0 Å². The van der Waals surface area contributed by atoms with Gasteiger partial charge in [0, 0.05) is 26.1 Å². The summed E-state index contributed by atoms with van der Waals surface area (Å²) in [7, 11) is -4.01. The minimum atomic E-state index is -4.01. The number of hydrogen-bond acceptors (Lipinski definition) is 4. The van der Waals surface area contributed by atoms with E-state index in [0.717, 1.165) is 12.1 Å². The predicted molar refractivity (Wildman–Crippen MR) is 83.1 cm³/mol. The quantitative estimate of drug-likeness (QED) is 0.783. The number of amides is 1. The molecule has 1 heterocycles. The highest BCUT2D eigenvalue weighted by atomic mass is 32.2. The Labute approximate surface area is 139 Å². The molecule has 1 aromatic carbocycles. The van der Waals surface area contributed by atoms with Crippen molar-refractivity contribution in [2.45, 2.75) is 24.2 Å². The standard InChI is InChI=1S/C15H19FN2O5S/c16-12-3-1-2-4-13(12)24(22,23)17-8-5-14(19)18-9-6-11(7-10-18)15(20)21/h1-4,11,17H,5-10H2,(H,20,21). The highest BCUT2D eigenvalue weighted by molar-refractivity contribution is 7.89. The lowest BCUT2D eigenvalue weighted by atomic mass is 9.97. The van der Waals surface area contributed by atoms with Gasteiger partial charge in [-0.25, -0.2) is 17.5 Å². The summed E-state index contributed by atoms with van der Waals surface area (Å²) in [5, 5.41) is 8.91. The third kappa shape index (κ3) is 4.51. The van der Waals surface area contributed by atoms with Crippen molar-refractivity contribution < 1.29 is 27.5 Å².